The minimum absolute atomic E-state index is 0.0997. The van der Waals surface area contributed by atoms with Gasteiger partial charge in [0.1, 0.15) is 4.90 Å². The highest BCUT2D eigenvalue weighted by molar-refractivity contribution is 7.85. The third kappa shape index (κ3) is 3.67. The minimum atomic E-state index is -4.23. The average Bonchev–Trinajstić information content (AvgIpc) is 2.66. The second-order valence-corrected chi connectivity index (χ2v) is 8.17. The van der Waals surface area contributed by atoms with Gasteiger partial charge in [-0.25, -0.2) is 0 Å². The van der Waals surface area contributed by atoms with E-state index in [-0.39, 0.29) is 16.7 Å². The zero-order valence-electron chi connectivity index (χ0n) is 14.2. The van der Waals surface area contributed by atoms with Crippen LogP contribution in [0.25, 0.3) is 5.70 Å². The fourth-order valence-corrected chi connectivity index (χ4v) is 3.64. The number of carboxylic acids is 1. The van der Waals surface area contributed by atoms with Crippen LogP contribution in [0, 0.1) is 0 Å². The fourth-order valence-electron chi connectivity index (χ4n) is 3.14. The predicted molar refractivity (Wildman–Crippen MR) is 89.1 cm³/mol. The Morgan fingerprint density at radius 3 is 2.50 bits per heavy atom. The van der Waals surface area contributed by atoms with Crippen LogP contribution in [0.5, 0.6) is 0 Å². The Balaban J connectivity index is 2.22. The molecule has 132 valence electrons. The highest BCUT2D eigenvalue weighted by atomic mass is 32.2. The van der Waals surface area contributed by atoms with Gasteiger partial charge in [-0.1, -0.05) is 6.42 Å². The number of rotatable bonds is 7. The van der Waals surface area contributed by atoms with E-state index < -0.39 is 16.1 Å². The summed E-state index contributed by atoms with van der Waals surface area (Å²) in [6.07, 6.45) is 5.04. The standard InChI is InChI=1S/C17H23NO5S/c1-12-14(7-5-4-6-8-16(19)20)18-10-9-13(24(21,22)23)11-15(18)17(12,2)3/h9-11H,4-8H2,1-3H3,(H-,19,20,21,22,23)/p+1. The number of nitrogens with zero attached hydrogens (tertiary/aromatic N) is 1. The first-order chi connectivity index (χ1) is 11.0. The number of allylic oxidation sites excluding steroid dienone is 2. The quantitative estimate of drug-likeness (QED) is 0.446. The molecule has 6 nitrogen and oxygen atoms in total. The molecule has 0 spiro atoms. The lowest BCUT2D eigenvalue weighted by molar-refractivity contribution is -0.589. The molecule has 7 heteroatoms. The number of aromatic nitrogens is 1. The Hall–Kier alpha value is -1.73. The molecule has 0 unspecified atom stereocenters. The molecule has 24 heavy (non-hydrogen) atoms. The van der Waals surface area contributed by atoms with Crippen LogP contribution >= 0.6 is 0 Å². The van der Waals surface area contributed by atoms with Crippen molar-refractivity contribution in [3.63, 3.8) is 0 Å². The summed E-state index contributed by atoms with van der Waals surface area (Å²) in [6, 6.07) is 2.92. The maximum absolute atomic E-state index is 11.4. The van der Waals surface area contributed by atoms with Crippen molar-refractivity contribution < 1.29 is 27.4 Å². The normalized spacial score (nSPS) is 16.3. The largest absolute Gasteiger partial charge is 0.481 e. The summed E-state index contributed by atoms with van der Waals surface area (Å²) in [7, 11) is -4.23. The zero-order valence-corrected chi connectivity index (χ0v) is 15.1. The summed E-state index contributed by atoms with van der Waals surface area (Å²) in [4.78, 5) is 10.4. The van der Waals surface area contributed by atoms with Crippen molar-refractivity contribution in [3.8, 4) is 0 Å². The summed E-state index contributed by atoms with van der Waals surface area (Å²) in [5, 5.41) is 8.67. The smallest absolute Gasteiger partial charge is 0.303 e. The molecule has 0 atom stereocenters. The first-order valence-electron chi connectivity index (χ1n) is 8.01. The van der Waals surface area contributed by atoms with E-state index >= 15 is 0 Å². The maximum Gasteiger partial charge on any atom is 0.303 e. The van der Waals surface area contributed by atoms with Crippen LogP contribution in [-0.2, 0) is 20.3 Å². The molecule has 0 fully saturated rings. The Bertz CT molecular complexity index is 793. The van der Waals surface area contributed by atoms with Crippen molar-refractivity contribution in [3.05, 3.63) is 29.6 Å². The summed E-state index contributed by atoms with van der Waals surface area (Å²) < 4.78 is 34.0. The van der Waals surface area contributed by atoms with Crippen LogP contribution in [-0.4, -0.2) is 24.0 Å². The van der Waals surface area contributed by atoms with Crippen molar-refractivity contribution in [2.24, 2.45) is 0 Å². The van der Waals surface area contributed by atoms with Crippen molar-refractivity contribution in [2.75, 3.05) is 0 Å². The van der Waals surface area contributed by atoms with E-state index in [0.29, 0.717) is 6.42 Å². The van der Waals surface area contributed by atoms with Gasteiger partial charge >= 0.3 is 5.97 Å². The van der Waals surface area contributed by atoms with Gasteiger partial charge in [-0.2, -0.15) is 13.0 Å². The van der Waals surface area contributed by atoms with Crippen LogP contribution in [0.2, 0.25) is 0 Å². The van der Waals surface area contributed by atoms with Gasteiger partial charge in [0, 0.05) is 30.5 Å². The van der Waals surface area contributed by atoms with E-state index in [9.17, 15) is 17.8 Å². The van der Waals surface area contributed by atoms with E-state index in [1.807, 2.05) is 25.3 Å². The molecule has 1 aromatic rings. The highest BCUT2D eigenvalue weighted by Gasteiger charge is 2.43. The number of carboxylic acid groups (broad SMARTS) is 1. The van der Waals surface area contributed by atoms with E-state index in [1.54, 1.807) is 6.20 Å². The van der Waals surface area contributed by atoms with Crippen LogP contribution in [0.1, 0.15) is 58.6 Å². The number of unbranched alkanes of at least 4 members (excludes halogenated alkanes) is 2. The van der Waals surface area contributed by atoms with Crippen LogP contribution in [0.4, 0.5) is 0 Å². The third-order valence-electron chi connectivity index (χ3n) is 4.83. The lowest BCUT2D eigenvalue weighted by Gasteiger charge is -2.15. The van der Waals surface area contributed by atoms with Gasteiger partial charge in [0.05, 0.1) is 5.41 Å². The van der Waals surface area contributed by atoms with Crippen molar-refractivity contribution in [2.45, 2.75) is 63.2 Å². The van der Waals surface area contributed by atoms with Gasteiger partial charge in [-0.3, -0.25) is 9.35 Å². The van der Waals surface area contributed by atoms with E-state index in [2.05, 4.69) is 0 Å². The van der Waals surface area contributed by atoms with Gasteiger partial charge in [0.25, 0.3) is 10.1 Å². The van der Waals surface area contributed by atoms with Gasteiger partial charge < -0.3 is 5.11 Å². The molecule has 0 aromatic carbocycles. The molecule has 2 rings (SSSR count). The van der Waals surface area contributed by atoms with Gasteiger partial charge in [-0.05, 0) is 33.6 Å². The van der Waals surface area contributed by atoms with Gasteiger partial charge in [0.2, 0.25) is 0 Å². The molecule has 1 aromatic heterocycles. The molecule has 0 aliphatic carbocycles. The first kappa shape index (κ1) is 18.6. The topological polar surface area (TPSA) is 95.5 Å². The molecule has 2 heterocycles. The Labute approximate surface area is 142 Å². The summed E-state index contributed by atoms with van der Waals surface area (Å²) in [5.41, 5.74) is 2.79. The molecule has 0 saturated heterocycles. The van der Waals surface area contributed by atoms with E-state index in [0.717, 1.165) is 36.2 Å². The Morgan fingerprint density at radius 2 is 1.92 bits per heavy atom. The minimum Gasteiger partial charge on any atom is -0.481 e. The second kappa shape index (κ2) is 6.64. The molecule has 0 bridgehead atoms. The van der Waals surface area contributed by atoms with Crippen LogP contribution < -0.4 is 4.57 Å². The summed E-state index contributed by atoms with van der Waals surface area (Å²) in [5.74, 6) is -0.773. The first-order valence-corrected chi connectivity index (χ1v) is 9.45. The number of hydrogen-bond acceptors (Lipinski definition) is 3. The highest BCUT2D eigenvalue weighted by Crippen LogP contribution is 2.38. The lowest BCUT2D eigenvalue weighted by atomic mass is 9.83. The summed E-state index contributed by atoms with van der Waals surface area (Å²) in [6.45, 7) is 6.09. The maximum atomic E-state index is 11.4. The van der Waals surface area contributed by atoms with E-state index in [4.69, 9.17) is 5.11 Å². The molecule has 1 aliphatic rings. The summed E-state index contributed by atoms with van der Waals surface area (Å²) >= 11 is 0. The molecule has 0 amide bonds. The van der Waals surface area contributed by atoms with E-state index in [1.165, 1.54) is 12.1 Å². The molecule has 2 N–H and O–H groups in total. The number of fused-ring (bicyclic) bond motifs is 1. The molecule has 0 radical (unpaired) electrons. The zero-order chi connectivity index (χ0) is 18.1. The van der Waals surface area contributed by atoms with Crippen molar-refractivity contribution in [1.82, 2.24) is 0 Å². The average molecular weight is 354 g/mol. The SMILES string of the molecule is CC1=C(CCCCCC(=O)O)[n+]2ccc(S(=O)(=O)O)cc2C1(C)C. The number of aliphatic carboxylic acids is 1. The van der Waals surface area contributed by atoms with Gasteiger partial charge in [0.15, 0.2) is 17.6 Å². The van der Waals surface area contributed by atoms with Gasteiger partial charge in [-0.15, -0.1) is 0 Å². The monoisotopic (exact) mass is 354 g/mol. The fraction of sp³-hybridized carbons (Fsp3) is 0.529. The Kier molecular flexibility index (Phi) is 5.15. The number of pyridine rings is 1. The van der Waals surface area contributed by atoms with Crippen LogP contribution in [0.15, 0.2) is 28.8 Å². The third-order valence-corrected chi connectivity index (χ3v) is 5.68. The lowest BCUT2D eigenvalue weighted by Crippen LogP contribution is -2.36. The predicted octanol–water partition coefficient (Wildman–Crippen LogP) is 2.78. The second-order valence-electron chi connectivity index (χ2n) is 6.74. The Morgan fingerprint density at radius 1 is 1.25 bits per heavy atom. The molecular formula is C17H24NO5S+. The number of hydrogen-bond donors (Lipinski definition) is 2. The molecular weight excluding hydrogens is 330 g/mol. The van der Waals surface area contributed by atoms with Crippen molar-refractivity contribution >= 4 is 21.8 Å². The van der Waals surface area contributed by atoms with Crippen molar-refractivity contribution in [1.29, 1.82) is 0 Å². The molecule has 1 aliphatic heterocycles. The molecule has 0 saturated carbocycles. The number of carbonyl (C=O) groups is 1. The van der Waals surface area contributed by atoms with Crippen LogP contribution in [0.3, 0.4) is 0 Å².